The maximum Gasteiger partial charge on any atom is 0.310 e. The van der Waals surface area contributed by atoms with Crippen LogP contribution < -0.4 is 0 Å². The highest BCUT2D eigenvalue weighted by Crippen LogP contribution is 2.18. The van der Waals surface area contributed by atoms with Gasteiger partial charge < -0.3 is 14.2 Å². The topological polar surface area (TPSA) is 78.9 Å². The molecule has 0 bridgehead atoms. The average Bonchev–Trinajstić information content (AvgIpc) is 3.43. The SMILES string of the molecule is CC/C=C\C/C=C\C/C=C\C/C=C\C/C=C\CC(=O)OC(COC(=O)CCCCCCC/C=C\CCCCCCCC)COC(=O)CCCCCCCCCCCCCCCCCCCCCCCCCCCCCCC. The van der Waals surface area contributed by atoms with Crippen molar-refractivity contribution >= 4 is 17.9 Å². The number of unbranched alkanes of at least 4 members (excludes halogenated alkanes) is 39. The molecule has 0 spiro atoms. The lowest BCUT2D eigenvalue weighted by molar-refractivity contribution is -0.166. The van der Waals surface area contributed by atoms with Gasteiger partial charge in [0.05, 0.1) is 6.42 Å². The van der Waals surface area contributed by atoms with E-state index in [1.54, 1.807) is 6.08 Å². The number of rotatable bonds is 61. The Morgan fingerprint density at radius 1 is 0.286 bits per heavy atom. The standard InChI is InChI=1S/C71H126O6/c1-4-7-10-13-16-19-22-25-28-29-30-31-32-33-34-35-36-37-38-39-40-41-44-46-49-52-55-58-61-64-70(73)76-67-68(77-71(74)65-62-59-56-53-50-47-43-27-24-21-18-15-12-9-6-3)66-75-69(72)63-60-57-54-51-48-45-42-26-23-20-17-14-11-8-5-2/h9,12,18,21,26-27,42-43,50,53,59,62,68H,4-8,10-11,13-17,19-20,22-25,28-41,44-49,51-52,54-58,60-61,63-67H2,1-3H3/b12-9-,21-18-,42-26-,43-27-,53-50-,62-59-. The van der Waals surface area contributed by atoms with Gasteiger partial charge in [-0.1, -0.05) is 325 Å². The smallest absolute Gasteiger partial charge is 0.310 e. The lowest BCUT2D eigenvalue weighted by Gasteiger charge is -2.18. The molecule has 1 atom stereocenters. The van der Waals surface area contributed by atoms with Gasteiger partial charge >= 0.3 is 17.9 Å². The number of carbonyl (C=O) groups is 3. The third-order valence-electron chi connectivity index (χ3n) is 14.7. The third-order valence-corrected chi connectivity index (χ3v) is 14.7. The van der Waals surface area contributed by atoms with Gasteiger partial charge in [-0.3, -0.25) is 14.4 Å². The molecule has 446 valence electrons. The zero-order valence-corrected chi connectivity index (χ0v) is 51.2. The fraction of sp³-hybridized carbons (Fsp3) is 0.789. The van der Waals surface area contributed by atoms with Crippen molar-refractivity contribution in [3.63, 3.8) is 0 Å². The van der Waals surface area contributed by atoms with Gasteiger partial charge in [0.2, 0.25) is 0 Å². The molecule has 0 saturated carbocycles. The molecule has 6 nitrogen and oxygen atoms in total. The fourth-order valence-corrected chi connectivity index (χ4v) is 9.75. The summed E-state index contributed by atoms with van der Waals surface area (Å²) >= 11 is 0. The molecule has 0 N–H and O–H groups in total. The minimum Gasteiger partial charge on any atom is -0.462 e. The van der Waals surface area contributed by atoms with Crippen LogP contribution in [0.4, 0.5) is 0 Å². The minimum absolute atomic E-state index is 0.0977. The first-order valence-corrected chi connectivity index (χ1v) is 33.4. The number of carbonyl (C=O) groups excluding carboxylic acids is 3. The van der Waals surface area contributed by atoms with Gasteiger partial charge in [0.1, 0.15) is 13.2 Å². The Morgan fingerprint density at radius 2 is 0.545 bits per heavy atom. The molecule has 0 aliphatic rings. The number of hydrogen-bond acceptors (Lipinski definition) is 6. The molecule has 6 heteroatoms. The van der Waals surface area contributed by atoms with E-state index in [-0.39, 0.29) is 31.6 Å². The van der Waals surface area contributed by atoms with Crippen molar-refractivity contribution in [1.29, 1.82) is 0 Å². The van der Waals surface area contributed by atoms with Crippen LogP contribution in [0.5, 0.6) is 0 Å². The monoisotopic (exact) mass is 1070 g/mol. The molecule has 0 aromatic rings. The molecule has 0 amide bonds. The molecule has 77 heavy (non-hydrogen) atoms. The Hall–Kier alpha value is -3.15. The Labute approximate surface area is 478 Å². The first-order valence-electron chi connectivity index (χ1n) is 33.4. The van der Waals surface area contributed by atoms with E-state index in [4.69, 9.17) is 14.2 Å². The van der Waals surface area contributed by atoms with Crippen molar-refractivity contribution < 1.29 is 28.6 Å². The number of hydrogen-bond donors (Lipinski definition) is 0. The molecule has 0 radical (unpaired) electrons. The third kappa shape index (κ3) is 63.6. The van der Waals surface area contributed by atoms with Crippen molar-refractivity contribution in [1.82, 2.24) is 0 Å². The molecule has 0 rings (SSSR count). The van der Waals surface area contributed by atoms with Crippen molar-refractivity contribution in [3.8, 4) is 0 Å². The van der Waals surface area contributed by atoms with Gasteiger partial charge in [-0.2, -0.15) is 0 Å². The Morgan fingerprint density at radius 3 is 0.844 bits per heavy atom. The predicted molar refractivity (Wildman–Crippen MR) is 335 cm³/mol. The summed E-state index contributed by atoms with van der Waals surface area (Å²) in [6.07, 6.45) is 85.4. The van der Waals surface area contributed by atoms with Gasteiger partial charge in [-0.05, 0) is 70.6 Å². The van der Waals surface area contributed by atoms with Crippen molar-refractivity contribution in [2.75, 3.05) is 13.2 Å². The van der Waals surface area contributed by atoms with Crippen LogP contribution in [-0.2, 0) is 28.6 Å². The first-order chi connectivity index (χ1) is 38.0. The highest BCUT2D eigenvalue weighted by Gasteiger charge is 2.19. The Kier molecular flexibility index (Phi) is 62.7. The molecule has 0 fully saturated rings. The van der Waals surface area contributed by atoms with Crippen molar-refractivity contribution in [2.24, 2.45) is 0 Å². The molecule has 0 heterocycles. The number of ether oxygens (including phenoxy) is 3. The zero-order chi connectivity index (χ0) is 55.7. The average molecular weight is 1080 g/mol. The van der Waals surface area contributed by atoms with Gasteiger partial charge in [-0.15, -0.1) is 0 Å². The van der Waals surface area contributed by atoms with E-state index in [0.717, 1.165) is 83.5 Å². The van der Waals surface area contributed by atoms with E-state index in [1.165, 1.54) is 218 Å². The lowest BCUT2D eigenvalue weighted by Crippen LogP contribution is -2.30. The summed E-state index contributed by atoms with van der Waals surface area (Å²) in [4.78, 5) is 38.2. The van der Waals surface area contributed by atoms with Crippen LogP contribution in [0.2, 0.25) is 0 Å². The second-order valence-electron chi connectivity index (χ2n) is 22.4. The summed E-state index contributed by atoms with van der Waals surface area (Å²) in [5, 5.41) is 0. The van der Waals surface area contributed by atoms with Crippen LogP contribution in [-0.4, -0.2) is 37.2 Å². The summed E-state index contributed by atoms with van der Waals surface area (Å²) in [5.41, 5.74) is 0. The molecule has 0 aromatic heterocycles. The molecule has 0 aliphatic heterocycles. The van der Waals surface area contributed by atoms with Crippen LogP contribution in [0, 0.1) is 0 Å². The van der Waals surface area contributed by atoms with E-state index < -0.39 is 12.1 Å². The van der Waals surface area contributed by atoms with Crippen LogP contribution in [0.1, 0.15) is 342 Å². The van der Waals surface area contributed by atoms with Crippen molar-refractivity contribution in [2.45, 2.75) is 348 Å². The van der Waals surface area contributed by atoms with Crippen molar-refractivity contribution in [3.05, 3.63) is 72.9 Å². The fourth-order valence-electron chi connectivity index (χ4n) is 9.75. The maximum absolute atomic E-state index is 12.8. The normalized spacial score (nSPS) is 12.5. The number of allylic oxidation sites excluding steroid dienone is 11. The van der Waals surface area contributed by atoms with Gasteiger partial charge in [0.25, 0.3) is 0 Å². The maximum atomic E-state index is 12.8. The largest absolute Gasteiger partial charge is 0.462 e. The summed E-state index contributed by atoms with van der Waals surface area (Å²) < 4.78 is 16.8. The number of esters is 3. The Balaban J connectivity index is 4.25. The van der Waals surface area contributed by atoms with E-state index in [2.05, 4.69) is 81.5 Å². The Bertz CT molecular complexity index is 1420. The zero-order valence-electron chi connectivity index (χ0n) is 51.2. The van der Waals surface area contributed by atoms with E-state index >= 15 is 0 Å². The van der Waals surface area contributed by atoms with E-state index in [1.807, 2.05) is 6.08 Å². The first kappa shape index (κ1) is 73.8. The predicted octanol–water partition coefficient (Wildman–Crippen LogP) is 22.9. The molecular weight excluding hydrogens is 949 g/mol. The summed E-state index contributed by atoms with van der Waals surface area (Å²) in [5.74, 6) is -1.04. The summed E-state index contributed by atoms with van der Waals surface area (Å²) in [6.45, 7) is 6.48. The van der Waals surface area contributed by atoms with Crippen LogP contribution in [0.25, 0.3) is 0 Å². The molecule has 0 saturated heterocycles. The van der Waals surface area contributed by atoms with Gasteiger partial charge in [0, 0.05) is 12.8 Å². The van der Waals surface area contributed by atoms with Gasteiger partial charge in [-0.25, -0.2) is 0 Å². The second kappa shape index (κ2) is 65.4. The minimum atomic E-state index is -0.833. The quantitative estimate of drug-likeness (QED) is 0.0261. The van der Waals surface area contributed by atoms with Crippen LogP contribution >= 0.6 is 0 Å². The second-order valence-corrected chi connectivity index (χ2v) is 22.4. The van der Waals surface area contributed by atoms with E-state index in [9.17, 15) is 14.4 Å². The van der Waals surface area contributed by atoms with Crippen LogP contribution in [0.3, 0.4) is 0 Å². The highest BCUT2D eigenvalue weighted by molar-refractivity contribution is 5.72. The lowest BCUT2D eigenvalue weighted by atomic mass is 10.0. The molecule has 0 aromatic carbocycles. The molecule has 0 aliphatic carbocycles. The van der Waals surface area contributed by atoms with Gasteiger partial charge in [0.15, 0.2) is 6.10 Å². The van der Waals surface area contributed by atoms with E-state index in [0.29, 0.717) is 12.8 Å². The molecular formula is C71H126O6. The highest BCUT2D eigenvalue weighted by atomic mass is 16.6. The summed E-state index contributed by atoms with van der Waals surface area (Å²) in [6, 6.07) is 0. The summed E-state index contributed by atoms with van der Waals surface area (Å²) in [7, 11) is 0. The van der Waals surface area contributed by atoms with Crippen LogP contribution in [0.15, 0.2) is 72.9 Å². The molecule has 1 unspecified atom stereocenters.